The van der Waals surface area contributed by atoms with Crippen molar-refractivity contribution in [3.05, 3.63) is 94.0 Å². The molecule has 0 aliphatic carbocycles. The third kappa shape index (κ3) is 6.42. The van der Waals surface area contributed by atoms with Crippen LogP contribution in [0, 0.1) is 0 Å². The molecule has 0 aromatic heterocycles. The first-order valence-corrected chi connectivity index (χ1v) is 10.6. The van der Waals surface area contributed by atoms with Crippen molar-refractivity contribution in [2.75, 3.05) is 11.9 Å². The van der Waals surface area contributed by atoms with Crippen LogP contribution in [0.15, 0.2) is 77.3 Å². The van der Waals surface area contributed by atoms with Crippen LogP contribution in [0.1, 0.15) is 33.2 Å². The molecule has 0 unspecified atom stereocenters. The van der Waals surface area contributed by atoms with E-state index in [1.165, 1.54) is 12.1 Å². The smallest absolute Gasteiger partial charge is 0.434 e. The number of halogens is 1. The number of hydrogen-bond acceptors (Lipinski definition) is 5. The van der Waals surface area contributed by atoms with Crippen molar-refractivity contribution in [2.45, 2.75) is 13.5 Å². The molecule has 8 heteroatoms. The lowest BCUT2D eigenvalue weighted by Crippen LogP contribution is -2.22. The van der Waals surface area contributed by atoms with Gasteiger partial charge in [-0.05, 0) is 76.9 Å². The Balaban J connectivity index is 1.51. The maximum atomic E-state index is 12.4. The predicted octanol–water partition coefficient (Wildman–Crippen LogP) is 5.17. The second-order valence-corrected chi connectivity index (χ2v) is 7.48. The Kier molecular flexibility index (Phi) is 7.99. The Bertz CT molecular complexity index is 1100. The molecule has 0 aliphatic rings. The fraction of sp³-hybridized carbons (Fsp3) is 0.125. The highest BCUT2D eigenvalue weighted by atomic mass is 79.9. The summed E-state index contributed by atoms with van der Waals surface area (Å²) in [7, 11) is 0. The van der Waals surface area contributed by atoms with Gasteiger partial charge in [-0.3, -0.25) is 9.59 Å². The van der Waals surface area contributed by atoms with Gasteiger partial charge in [0.1, 0.15) is 5.75 Å². The van der Waals surface area contributed by atoms with Crippen LogP contribution >= 0.6 is 15.9 Å². The molecular weight excluding hydrogens is 476 g/mol. The maximum absolute atomic E-state index is 12.4. The van der Waals surface area contributed by atoms with Crippen LogP contribution in [0.3, 0.4) is 0 Å². The fourth-order valence-corrected chi connectivity index (χ4v) is 3.22. The standard InChI is InChI=1S/C24H21BrN2O5/c1-2-31-24(30)32-19-13-9-17(10-14-19)22(28)26-15-16-7-11-18(12-8-16)27-23(29)20-5-3-4-6-21(20)25/h3-14H,2,15H2,1H3,(H,26,28)(H,27,29). The van der Waals surface area contributed by atoms with Gasteiger partial charge in [0.05, 0.1) is 12.2 Å². The number of carbonyl (C=O) groups is 3. The molecule has 0 bridgehead atoms. The van der Waals surface area contributed by atoms with Crippen LogP contribution in [-0.4, -0.2) is 24.6 Å². The molecule has 0 saturated carbocycles. The molecule has 3 rings (SSSR count). The van der Waals surface area contributed by atoms with Gasteiger partial charge in [0, 0.05) is 22.3 Å². The Labute approximate surface area is 193 Å². The molecule has 0 atom stereocenters. The molecule has 164 valence electrons. The first-order chi connectivity index (χ1) is 15.5. The molecule has 0 aliphatic heterocycles. The molecule has 0 fully saturated rings. The zero-order chi connectivity index (χ0) is 22.9. The molecule has 3 aromatic carbocycles. The lowest BCUT2D eigenvalue weighted by molar-refractivity contribution is 0.0950. The van der Waals surface area contributed by atoms with Crippen molar-refractivity contribution in [3.63, 3.8) is 0 Å². The summed E-state index contributed by atoms with van der Waals surface area (Å²) in [4.78, 5) is 36.0. The quantitative estimate of drug-likeness (QED) is 0.347. The molecule has 32 heavy (non-hydrogen) atoms. The van der Waals surface area contributed by atoms with Crippen LogP contribution in [0.5, 0.6) is 5.75 Å². The molecular formula is C24H21BrN2O5. The van der Waals surface area contributed by atoms with Crippen LogP contribution < -0.4 is 15.4 Å². The lowest BCUT2D eigenvalue weighted by atomic mass is 10.1. The average Bonchev–Trinajstić information content (AvgIpc) is 2.79. The second kappa shape index (κ2) is 11.1. The topological polar surface area (TPSA) is 93.7 Å². The number of amides is 2. The number of ether oxygens (including phenoxy) is 2. The summed E-state index contributed by atoms with van der Waals surface area (Å²) in [5, 5.41) is 5.67. The molecule has 7 nitrogen and oxygen atoms in total. The minimum Gasteiger partial charge on any atom is -0.434 e. The van der Waals surface area contributed by atoms with E-state index in [1.54, 1.807) is 43.3 Å². The largest absolute Gasteiger partial charge is 0.513 e. The summed E-state index contributed by atoms with van der Waals surface area (Å²) in [6, 6.07) is 20.5. The van der Waals surface area contributed by atoms with Gasteiger partial charge in [-0.25, -0.2) is 4.79 Å². The van der Waals surface area contributed by atoms with Crippen molar-refractivity contribution >= 4 is 39.6 Å². The van der Waals surface area contributed by atoms with Gasteiger partial charge in [0.25, 0.3) is 11.8 Å². The van der Waals surface area contributed by atoms with Crippen molar-refractivity contribution in [3.8, 4) is 5.75 Å². The SMILES string of the molecule is CCOC(=O)Oc1ccc(C(=O)NCc2ccc(NC(=O)c3ccccc3Br)cc2)cc1. The van der Waals surface area contributed by atoms with Crippen LogP contribution in [0.25, 0.3) is 0 Å². The highest BCUT2D eigenvalue weighted by Gasteiger charge is 2.10. The van der Waals surface area contributed by atoms with Crippen LogP contribution in [-0.2, 0) is 11.3 Å². The van der Waals surface area contributed by atoms with Gasteiger partial charge in [-0.2, -0.15) is 0 Å². The third-order valence-electron chi connectivity index (χ3n) is 4.36. The maximum Gasteiger partial charge on any atom is 0.513 e. The Hall–Kier alpha value is -3.65. The van der Waals surface area contributed by atoms with E-state index in [2.05, 4.69) is 26.6 Å². The van der Waals surface area contributed by atoms with Gasteiger partial charge >= 0.3 is 6.16 Å². The first-order valence-electron chi connectivity index (χ1n) is 9.84. The summed E-state index contributed by atoms with van der Waals surface area (Å²) < 4.78 is 10.4. The van der Waals surface area contributed by atoms with Crippen molar-refractivity contribution in [1.29, 1.82) is 0 Å². The first kappa shape index (κ1) is 23.0. The van der Waals surface area contributed by atoms with Gasteiger partial charge in [-0.1, -0.05) is 24.3 Å². The van der Waals surface area contributed by atoms with E-state index in [0.29, 0.717) is 29.1 Å². The second-order valence-electron chi connectivity index (χ2n) is 6.62. The number of hydrogen-bond donors (Lipinski definition) is 2. The van der Waals surface area contributed by atoms with E-state index < -0.39 is 6.16 Å². The highest BCUT2D eigenvalue weighted by molar-refractivity contribution is 9.10. The predicted molar refractivity (Wildman–Crippen MR) is 124 cm³/mol. The number of benzene rings is 3. The van der Waals surface area contributed by atoms with Crippen LogP contribution in [0.2, 0.25) is 0 Å². The fourth-order valence-electron chi connectivity index (χ4n) is 2.75. The van der Waals surface area contributed by atoms with Crippen LogP contribution in [0.4, 0.5) is 10.5 Å². The normalized spacial score (nSPS) is 10.2. The summed E-state index contributed by atoms with van der Waals surface area (Å²) in [5.41, 5.74) is 2.50. The van der Waals surface area contributed by atoms with Gasteiger partial charge in [-0.15, -0.1) is 0 Å². The lowest BCUT2D eigenvalue weighted by Gasteiger charge is -2.09. The Morgan fingerprint density at radius 2 is 1.56 bits per heavy atom. The van der Waals surface area contributed by atoms with Crippen molar-refractivity contribution in [2.24, 2.45) is 0 Å². The average molecular weight is 497 g/mol. The summed E-state index contributed by atoms with van der Waals surface area (Å²) in [6.07, 6.45) is -0.791. The monoisotopic (exact) mass is 496 g/mol. The summed E-state index contributed by atoms with van der Waals surface area (Å²) >= 11 is 3.37. The molecule has 0 radical (unpaired) electrons. The number of anilines is 1. The molecule has 0 saturated heterocycles. The summed E-state index contributed by atoms with van der Waals surface area (Å²) in [6.45, 7) is 2.22. The Morgan fingerprint density at radius 1 is 0.875 bits per heavy atom. The number of rotatable bonds is 7. The summed E-state index contributed by atoms with van der Waals surface area (Å²) in [5.74, 6) is -0.187. The van der Waals surface area contributed by atoms with Gasteiger partial charge < -0.3 is 20.1 Å². The van der Waals surface area contributed by atoms with Gasteiger partial charge in [0.15, 0.2) is 0 Å². The number of nitrogens with one attached hydrogen (secondary N) is 2. The Morgan fingerprint density at radius 3 is 2.22 bits per heavy atom. The minimum atomic E-state index is -0.791. The molecule has 2 N–H and O–H groups in total. The van der Waals surface area contributed by atoms with Gasteiger partial charge in [0.2, 0.25) is 0 Å². The van der Waals surface area contributed by atoms with E-state index in [0.717, 1.165) is 10.0 Å². The molecule has 0 spiro atoms. The molecule has 0 heterocycles. The van der Waals surface area contributed by atoms with E-state index in [1.807, 2.05) is 24.3 Å². The minimum absolute atomic E-state index is 0.214. The third-order valence-corrected chi connectivity index (χ3v) is 5.05. The molecule has 2 amide bonds. The van der Waals surface area contributed by atoms with E-state index in [4.69, 9.17) is 9.47 Å². The zero-order valence-electron chi connectivity index (χ0n) is 17.3. The van der Waals surface area contributed by atoms with E-state index in [9.17, 15) is 14.4 Å². The number of carbonyl (C=O) groups excluding carboxylic acids is 3. The van der Waals surface area contributed by atoms with E-state index >= 15 is 0 Å². The van der Waals surface area contributed by atoms with Crippen molar-refractivity contribution < 1.29 is 23.9 Å². The molecule has 3 aromatic rings. The highest BCUT2D eigenvalue weighted by Crippen LogP contribution is 2.18. The van der Waals surface area contributed by atoms with Crippen molar-refractivity contribution in [1.82, 2.24) is 5.32 Å². The zero-order valence-corrected chi connectivity index (χ0v) is 18.8. The van der Waals surface area contributed by atoms with E-state index in [-0.39, 0.29) is 18.4 Å².